The summed E-state index contributed by atoms with van der Waals surface area (Å²) in [4.78, 5) is 26.0. The van der Waals surface area contributed by atoms with E-state index in [2.05, 4.69) is 0 Å². The molecule has 3 fully saturated rings. The molecule has 2 nitrogen and oxygen atoms in total. The summed E-state index contributed by atoms with van der Waals surface area (Å²) in [5.41, 5.74) is -1.26. The molecular weight excluding hydrogens is 248 g/mol. The lowest BCUT2D eigenvalue weighted by atomic mass is 9.41. The van der Waals surface area contributed by atoms with Gasteiger partial charge >= 0.3 is 0 Å². The smallest absolute Gasteiger partial charge is 0.159 e. The molecule has 0 bridgehead atoms. The Bertz CT molecular complexity index is 371. The number of hydrogen-bond acceptors (Lipinski definition) is 2. The minimum absolute atomic E-state index is 0.286. The van der Waals surface area contributed by atoms with E-state index in [1.165, 1.54) is 38.5 Å². The zero-order valence-corrected chi connectivity index (χ0v) is 13.0. The van der Waals surface area contributed by atoms with Crippen LogP contribution in [0.3, 0.4) is 0 Å². The molecule has 3 saturated carbocycles. The highest BCUT2D eigenvalue weighted by Gasteiger charge is 2.71. The van der Waals surface area contributed by atoms with Crippen molar-refractivity contribution in [1.82, 2.24) is 0 Å². The first-order valence-corrected chi connectivity index (χ1v) is 8.62. The summed E-state index contributed by atoms with van der Waals surface area (Å²) >= 11 is 0. The van der Waals surface area contributed by atoms with E-state index in [9.17, 15) is 9.59 Å². The first kappa shape index (κ1) is 14.3. The molecule has 0 heterocycles. The summed E-state index contributed by atoms with van der Waals surface area (Å²) in [6.45, 7) is 3.70. The minimum atomic E-state index is -0.700. The van der Waals surface area contributed by atoms with Crippen molar-refractivity contribution in [1.29, 1.82) is 0 Å². The summed E-state index contributed by atoms with van der Waals surface area (Å²) in [7, 11) is 0. The third-order valence-corrected chi connectivity index (χ3v) is 6.38. The fraction of sp³-hybridized carbons (Fsp3) is 0.889. The van der Waals surface area contributed by atoms with Crippen molar-refractivity contribution >= 4 is 11.6 Å². The van der Waals surface area contributed by atoms with Crippen molar-refractivity contribution < 1.29 is 9.59 Å². The summed E-state index contributed by atoms with van der Waals surface area (Å²) in [6, 6.07) is 0. The lowest BCUT2D eigenvalue weighted by molar-refractivity contribution is -0.182. The van der Waals surface area contributed by atoms with Crippen molar-refractivity contribution in [2.24, 2.45) is 22.7 Å². The standard InChI is InChI=1S/C18H28O2/c1-17(2)15(19)18(16(17)20,13-9-5-3-6-10-13)14-11-7-4-8-12-14/h13-14H,3-12H2,1-2H3. The van der Waals surface area contributed by atoms with Crippen LogP contribution in [0.4, 0.5) is 0 Å². The summed E-state index contributed by atoms with van der Waals surface area (Å²) in [6.07, 6.45) is 11.8. The van der Waals surface area contributed by atoms with E-state index in [1.807, 2.05) is 13.8 Å². The number of carbonyl (C=O) groups is 2. The lowest BCUT2D eigenvalue weighted by Gasteiger charge is -2.58. The molecule has 3 aliphatic carbocycles. The Balaban J connectivity index is 1.95. The van der Waals surface area contributed by atoms with Crippen LogP contribution in [0, 0.1) is 22.7 Å². The number of rotatable bonds is 2. The minimum Gasteiger partial charge on any atom is -0.297 e. The Morgan fingerprint density at radius 3 is 1.40 bits per heavy atom. The van der Waals surface area contributed by atoms with E-state index in [4.69, 9.17) is 0 Å². The maximum Gasteiger partial charge on any atom is 0.159 e. The second-order valence-corrected chi connectivity index (χ2v) is 7.82. The molecule has 20 heavy (non-hydrogen) atoms. The second-order valence-electron chi connectivity index (χ2n) is 7.82. The Labute approximate surface area is 122 Å². The van der Waals surface area contributed by atoms with E-state index in [0.717, 1.165) is 25.7 Å². The predicted molar refractivity (Wildman–Crippen MR) is 79.4 cm³/mol. The zero-order chi connectivity index (χ0) is 14.4. The summed E-state index contributed by atoms with van der Waals surface area (Å²) < 4.78 is 0. The largest absolute Gasteiger partial charge is 0.297 e. The van der Waals surface area contributed by atoms with Gasteiger partial charge in [-0.1, -0.05) is 38.5 Å². The topological polar surface area (TPSA) is 34.1 Å². The first-order valence-electron chi connectivity index (χ1n) is 8.62. The van der Waals surface area contributed by atoms with E-state index >= 15 is 0 Å². The van der Waals surface area contributed by atoms with Crippen molar-refractivity contribution in [3.05, 3.63) is 0 Å². The molecule has 0 atom stereocenters. The fourth-order valence-corrected chi connectivity index (χ4v) is 5.37. The molecule has 112 valence electrons. The van der Waals surface area contributed by atoms with Crippen LogP contribution >= 0.6 is 0 Å². The molecule has 0 unspecified atom stereocenters. The van der Waals surface area contributed by atoms with E-state index in [-0.39, 0.29) is 11.6 Å². The molecule has 0 aromatic heterocycles. The van der Waals surface area contributed by atoms with Gasteiger partial charge in [0.25, 0.3) is 0 Å². The Morgan fingerprint density at radius 2 is 1.05 bits per heavy atom. The fourth-order valence-electron chi connectivity index (χ4n) is 5.37. The Morgan fingerprint density at radius 1 is 0.700 bits per heavy atom. The van der Waals surface area contributed by atoms with Gasteiger partial charge in [0, 0.05) is 0 Å². The van der Waals surface area contributed by atoms with Crippen molar-refractivity contribution in [3.63, 3.8) is 0 Å². The van der Waals surface area contributed by atoms with Crippen LogP contribution in [0.25, 0.3) is 0 Å². The maximum absolute atomic E-state index is 13.0. The van der Waals surface area contributed by atoms with Gasteiger partial charge in [-0.25, -0.2) is 0 Å². The number of Topliss-reactive ketones (excluding diaryl/α,β-unsaturated/α-hetero) is 2. The van der Waals surface area contributed by atoms with Gasteiger partial charge in [-0.05, 0) is 51.4 Å². The third kappa shape index (κ3) is 1.76. The van der Waals surface area contributed by atoms with Crippen LogP contribution in [0.5, 0.6) is 0 Å². The maximum atomic E-state index is 13.0. The van der Waals surface area contributed by atoms with Crippen LogP contribution < -0.4 is 0 Å². The van der Waals surface area contributed by atoms with E-state index in [1.54, 1.807) is 0 Å². The van der Waals surface area contributed by atoms with Crippen LogP contribution in [0.2, 0.25) is 0 Å². The van der Waals surface area contributed by atoms with E-state index in [0.29, 0.717) is 11.8 Å². The van der Waals surface area contributed by atoms with Crippen molar-refractivity contribution in [2.75, 3.05) is 0 Å². The molecule has 0 radical (unpaired) electrons. The lowest BCUT2D eigenvalue weighted by Crippen LogP contribution is -2.70. The number of carbonyl (C=O) groups excluding carboxylic acids is 2. The Hall–Kier alpha value is -0.660. The van der Waals surface area contributed by atoms with Crippen LogP contribution in [0.1, 0.15) is 78.1 Å². The van der Waals surface area contributed by atoms with Gasteiger partial charge in [-0.15, -0.1) is 0 Å². The quantitative estimate of drug-likeness (QED) is 0.704. The average Bonchev–Trinajstić information content (AvgIpc) is 2.50. The molecule has 3 aliphatic rings. The van der Waals surface area contributed by atoms with Gasteiger partial charge in [0.05, 0.1) is 10.8 Å². The SMILES string of the molecule is CC1(C)C(=O)C(C2CCCCC2)(C2CCCCC2)C1=O. The zero-order valence-electron chi connectivity index (χ0n) is 13.0. The predicted octanol–water partition coefficient (Wildman–Crippen LogP) is 4.31. The molecule has 0 aliphatic heterocycles. The van der Waals surface area contributed by atoms with Crippen molar-refractivity contribution in [3.8, 4) is 0 Å². The van der Waals surface area contributed by atoms with E-state index < -0.39 is 10.8 Å². The molecular formula is C18H28O2. The third-order valence-electron chi connectivity index (χ3n) is 6.38. The van der Waals surface area contributed by atoms with Gasteiger partial charge < -0.3 is 0 Å². The molecule has 0 amide bonds. The van der Waals surface area contributed by atoms with Crippen LogP contribution in [0.15, 0.2) is 0 Å². The molecule has 3 rings (SSSR count). The van der Waals surface area contributed by atoms with Crippen molar-refractivity contribution in [2.45, 2.75) is 78.1 Å². The highest BCUT2D eigenvalue weighted by Crippen LogP contribution is 2.61. The first-order chi connectivity index (χ1) is 9.52. The summed E-state index contributed by atoms with van der Waals surface area (Å²) in [5, 5.41) is 0. The van der Waals surface area contributed by atoms with Gasteiger partial charge in [-0.3, -0.25) is 9.59 Å². The van der Waals surface area contributed by atoms with Gasteiger partial charge in [-0.2, -0.15) is 0 Å². The molecule has 0 aromatic carbocycles. The van der Waals surface area contributed by atoms with Crippen LogP contribution in [-0.4, -0.2) is 11.6 Å². The van der Waals surface area contributed by atoms with Crippen LogP contribution in [-0.2, 0) is 9.59 Å². The monoisotopic (exact) mass is 276 g/mol. The second kappa shape index (κ2) is 4.96. The Kier molecular flexibility index (Phi) is 3.54. The number of hydrogen-bond donors (Lipinski definition) is 0. The molecule has 0 spiro atoms. The number of ketones is 2. The summed E-state index contributed by atoms with van der Waals surface area (Å²) in [5.74, 6) is 1.28. The van der Waals surface area contributed by atoms with Gasteiger partial charge in [0.1, 0.15) is 0 Å². The van der Waals surface area contributed by atoms with Gasteiger partial charge in [0.15, 0.2) is 11.6 Å². The molecule has 0 saturated heterocycles. The normalized spacial score (nSPS) is 31.1. The average molecular weight is 276 g/mol. The molecule has 0 aromatic rings. The molecule has 2 heteroatoms. The highest BCUT2D eigenvalue weighted by molar-refractivity contribution is 6.30. The highest BCUT2D eigenvalue weighted by atomic mass is 16.2. The molecule has 0 N–H and O–H groups in total. The van der Waals surface area contributed by atoms with Gasteiger partial charge in [0.2, 0.25) is 0 Å².